The third-order valence-corrected chi connectivity index (χ3v) is 4.37. The monoisotopic (exact) mass is 336 g/mol. The van der Waals surface area contributed by atoms with Gasteiger partial charge in [-0.1, -0.05) is 22.9 Å². The SMILES string of the molecule is CCc1cc(Br)ccc1NC1CC(=O)N(C2CC2)C1=O. The van der Waals surface area contributed by atoms with Crippen LogP contribution in [0.25, 0.3) is 0 Å². The maximum Gasteiger partial charge on any atom is 0.252 e. The van der Waals surface area contributed by atoms with Gasteiger partial charge < -0.3 is 5.32 Å². The molecule has 0 aromatic heterocycles. The molecule has 1 saturated heterocycles. The van der Waals surface area contributed by atoms with E-state index in [9.17, 15) is 9.59 Å². The van der Waals surface area contributed by atoms with Crippen molar-refractivity contribution < 1.29 is 9.59 Å². The van der Waals surface area contributed by atoms with Gasteiger partial charge in [-0.2, -0.15) is 0 Å². The van der Waals surface area contributed by atoms with E-state index in [2.05, 4.69) is 28.2 Å². The first-order valence-corrected chi connectivity index (χ1v) is 7.80. The van der Waals surface area contributed by atoms with E-state index in [0.717, 1.165) is 35.0 Å². The largest absolute Gasteiger partial charge is 0.373 e. The zero-order valence-electron chi connectivity index (χ0n) is 11.4. The van der Waals surface area contributed by atoms with E-state index in [1.165, 1.54) is 4.90 Å². The second-order valence-corrected chi connectivity index (χ2v) is 6.30. The molecule has 0 bridgehead atoms. The minimum absolute atomic E-state index is 0.0369. The third kappa shape index (κ3) is 2.46. The number of amides is 2. The van der Waals surface area contributed by atoms with Crippen molar-refractivity contribution in [3.8, 4) is 0 Å². The van der Waals surface area contributed by atoms with Gasteiger partial charge in [-0.25, -0.2) is 0 Å². The van der Waals surface area contributed by atoms with Gasteiger partial charge >= 0.3 is 0 Å². The molecule has 106 valence electrons. The third-order valence-electron chi connectivity index (χ3n) is 3.87. The summed E-state index contributed by atoms with van der Waals surface area (Å²) >= 11 is 3.45. The lowest BCUT2D eigenvalue weighted by Gasteiger charge is -2.17. The summed E-state index contributed by atoms with van der Waals surface area (Å²) in [6.45, 7) is 2.07. The number of aryl methyl sites for hydroxylation is 1. The number of carbonyl (C=O) groups excluding carboxylic acids is 2. The number of nitrogens with one attached hydrogen (secondary N) is 1. The Morgan fingerprint density at radius 2 is 2.10 bits per heavy atom. The molecule has 1 N–H and O–H groups in total. The first kappa shape index (κ1) is 13.6. The molecule has 20 heavy (non-hydrogen) atoms. The van der Waals surface area contributed by atoms with Crippen LogP contribution in [0.1, 0.15) is 31.7 Å². The summed E-state index contributed by atoms with van der Waals surface area (Å²) in [5.74, 6) is -0.104. The zero-order valence-corrected chi connectivity index (χ0v) is 12.9. The predicted molar refractivity (Wildman–Crippen MR) is 80.4 cm³/mol. The van der Waals surface area contributed by atoms with Crippen molar-refractivity contribution in [2.45, 2.75) is 44.7 Å². The number of imide groups is 1. The van der Waals surface area contributed by atoms with Crippen molar-refractivity contribution >= 4 is 33.4 Å². The van der Waals surface area contributed by atoms with E-state index in [-0.39, 0.29) is 24.3 Å². The van der Waals surface area contributed by atoms with Crippen LogP contribution in [0.3, 0.4) is 0 Å². The van der Waals surface area contributed by atoms with E-state index >= 15 is 0 Å². The van der Waals surface area contributed by atoms with Gasteiger partial charge in [-0.15, -0.1) is 0 Å². The molecule has 0 radical (unpaired) electrons. The Bertz CT molecular complexity index is 569. The maximum atomic E-state index is 12.3. The van der Waals surface area contributed by atoms with Crippen molar-refractivity contribution in [3.63, 3.8) is 0 Å². The van der Waals surface area contributed by atoms with E-state index in [0.29, 0.717) is 0 Å². The van der Waals surface area contributed by atoms with Crippen LogP contribution in [0.4, 0.5) is 5.69 Å². The van der Waals surface area contributed by atoms with Crippen LogP contribution in [-0.2, 0) is 16.0 Å². The number of hydrogen-bond acceptors (Lipinski definition) is 3. The lowest BCUT2D eigenvalue weighted by atomic mass is 10.1. The summed E-state index contributed by atoms with van der Waals surface area (Å²) in [5, 5.41) is 3.25. The number of rotatable bonds is 4. The topological polar surface area (TPSA) is 49.4 Å². The fourth-order valence-electron chi connectivity index (χ4n) is 2.66. The highest BCUT2D eigenvalue weighted by Gasteiger charge is 2.46. The molecule has 4 nitrogen and oxygen atoms in total. The normalized spacial score (nSPS) is 22.5. The molecule has 5 heteroatoms. The highest BCUT2D eigenvalue weighted by atomic mass is 79.9. The van der Waals surface area contributed by atoms with E-state index in [4.69, 9.17) is 0 Å². The van der Waals surface area contributed by atoms with Crippen molar-refractivity contribution in [1.29, 1.82) is 0 Å². The minimum atomic E-state index is -0.408. The summed E-state index contributed by atoms with van der Waals surface area (Å²) in [4.78, 5) is 25.7. The van der Waals surface area contributed by atoms with Crippen LogP contribution in [0.5, 0.6) is 0 Å². The zero-order chi connectivity index (χ0) is 14.3. The van der Waals surface area contributed by atoms with Gasteiger partial charge in [0, 0.05) is 16.2 Å². The Balaban J connectivity index is 1.78. The number of benzene rings is 1. The molecule has 1 aliphatic heterocycles. The average molecular weight is 337 g/mol. The van der Waals surface area contributed by atoms with Crippen LogP contribution in [0.2, 0.25) is 0 Å². The number of carbonyl (C=O) groups is 2. The van der Waals surface area contributed by atoms with Gasteiger partial charge in [-0.05, 0) is 43.0 Å². The smallest absolute Gasteiger partial charge is 0.252 e. The molecule has 1 saturated carbocycles. The second kappa shape index (κ2) is 5.20. The summed E-state index contributed by atoms with van der Waals surface area (Å²) < 4.78 is 1.02. The molecule has 2 aliphatic rings. The van der Waals surface area contributed by atoms with Crippen LogP contribution < -0.4 is 5.32 Å². The molecule has 1 aromatic carbocycles. The Labute approximate surface area is 126 Å². The van der Waals surface area contributed by atoms with Gasteiger partial charge in [-0.3, -0.25) is 14.5 Å². The minimum Gasteiger partial charge on any atom is -0.373 e. The number of halogens is 1. The number of hydrogen-bond donors (Lipinski definition) is 1. The standard InChI is InChI=1S/C15H17BrN2O2/c1-2-9-7-10(16)3-6-12(9)17-13-8-14(19)18(15(13)20)11-4-5-11/h3,6-7,11,13,17H,2,4-5,8H2,1H3. The summed E-state index contributed by atoms with van der Waals surface area (Å²) in [5.41, 5.74) is 2.09. The molecule has 1 atom stereocenters. The molecular weight excluding hydrogens is 320 g/mol. The summed E-state index contributed by atoms with van der Waals surface area (Å²) in [6.07, 6.45) is 3.07. The fraction of sp³-hybridized carbons (Fsp3) is 0.467. The number of likely N-dealkylation sites (tertiary alicyclic amines) is 1. The highest BCUT2D eigenvalue weighted by molar-refractivity contribution is 9.10. The van der Waals surface area contributed by atoms with E-state index in [1.807, 2.05) is 18.2 Å². The van der Waals surface area contributed by atoms with Crippen LogP contribution in [-0.4, -0.2) is 28.8 Å². The predicted octanol–water partition coefficient (Wildman–Crippen LogP) is 2.71. The highest BCUT2D eigenvalue weighted by Crippen LogP contribution is 2.33. The second-order valence-electron chi connectivity index (χ2n) is 5.39. The molecule has 2 fully saturated rings. The molecular formula is C15H17BrN2O2. The summed E-state index contributed by atoms with van der Waals surface area (Å²) in [6, 6.07) is 5.70. The molecule has 1 unspecified atom stereocenters. The number of anilines is 1. The van der Waals surface area contributed by atoms with Crippen molar-refractivity contribution in [2.24, 2.45) is 0 Å². The molecule has 3 rings (SSSR count). The Morgan fingerprint density at radius 3 is 2.75 bits per heavy atom. The van der Waals surface area contributed by atoms with Crippen molar-refractivity contribution in [2.75, 3.05) is 5.32 Å². The van der Waals surface area contributed by atoms with Crippen molar-refractivity contribution in [1.82, 2.24) is 4.90 Å². The maximum absolute atomic E-state index is 12.3. The van der Waals surface area contributed by atoms with Crippen LogP contribution >= 0.6 is 15.9 Å². The Hall–Kier alpha value is -1.36. The first-order valence-electron chi connectivity index (χ1n) is 7.01. The lowest BCUT2D eigenvalue weighted by molar-refractivity contribution is -0.139. The lowest BCUT2D eigenvalue weighted by Crippen LogP contribution is -2.36. The van der Waals surface area contributed by atoms with Crippen LogP contribution in [0, 0.1) is 0 Å². The van der Waals surface area contributed by atoms with E-state index < -0.39 is 6.04 Å². The fourth-order valence-corrected chi connectivity index (χ4v) is 3.07. The number of nitrogens with zero attached hydrogens (tertiary/aromatic N) is 1. The van der Waals surface area contributed by atoms with E-state index in [1.54, 1.807) is 0 Å². The van der Waals surface area contributed by atoms with Gasteiger partial charge in [0.1, 0.15) is 6.04 Å². The van der Waals surface area contributed by atoms with Gasteiger partial charge in [0.25, 0.3) is 5.91 Å². The first-order chi connectivity index (χ1) is 9.60. The van der Waals surface area contributed by atoms with Gasteiger partial charge in [0.2, 0.25) is 5.91 Å². The molecule has 1 aromatic rings. The molecule has 2 amide bonds. The molecule has 0 spiro atoms. The van der Waals surface area contributed by atoms with Gasteiger partial charge in [0.15, 0.2) is 0 Å². The Kier molecular flexibility index (Phi) is 3.54. The molecule has 1 heterocycles. The van der Waals surface area contributed by atoms with Crippen molar-refractivity contribution in [3.05, 3.63) is 28.2 Å². The quantitative estimate of drug-likeness (QED) is 0.860. The Morgan fingerprint density at radius 1 is 1.35 bits per heavy atom. The van der Waals surface area contributed by atoms with Gasteiger partial charge in [0.05, 0.1) is 6.42 Å². The van der Waals surface area contributed by atoms with Crippen LogP contribution in [0.15, 0.2) is 22.7 Å². The average Bonchev–Trinajstić information content (AvgIpc) is 3.20. The molecule has 1 aliphatic carbocycles. The summed E-state index contributed by atoms with van der Waals surface area (Å²) in [7, 11) is 0.